The van der Waals surface area contributed by atoms with Crippen LogP contribution in [0.1, 0.15) is 27.2 Å². The fourth-order valence-electron chi connectivity index (χ4n) is 3.59. The second kappa shape index (κ2) is 11.0. The first-order valence-corrected chi connectivity index (χ1v) is 13.3. The summed E-state index contributed by atoms with van der Waals surface area (Å²) < 4.78 is 32.8. The molecule has 0 spiro atoms. The Hall–Kier alpha value is -2.56. The predicted octanol–water partition coefficient (Wildman–Crippen LogP) is 3.58. The Morgan fingerprint density at radius 1 is 1.15 bits per heavy atom. The number of rotatable bonds is 10. The van der Waals surface area contributed by atoms with Crippen LogP contribution in [0.2, 0.25) is 0 Å². The minimum atomic E-state index is -3.69. The second-order valence-electron chi connectivity index (χ2n) is 7.28. The van der Waals surface area contributed by atoms with Crippen LogP contribution < -0.4 is 15.0 Å². The van der Waals surface area contributed by atoms with Crippen molar-refractivity contribution in [3.63, 3.8) is 0 Å². The van der Waals surface area contributed by atoms with Gasteiger partial charge in [-0.1, -0.05) is 26.0 Å². The normalized spacial score (nSPS) is 13.7. The molecule has 0 unspecified atom stereocenters. The Morgan fingerprint density at radius 3 is 2.58 bits per heavy atom. The van der Waals surface area contributed by atoms with E-state index < -0.39 is 10.0 Å². The molecule has 0 saturated carbocycles. The van der Waals surface area contributed by atoms with E-state index in [9.17, 15) is 18.0 Å². The van der Waals surface area contributed by atoms with Crippen LogP contribution in [0.3, 0.4) is 0 Å². The SMILES string of the molecule is CCOc1ccc(S(=O)(=O)N(CC)CC)cc1NC(=O)CCN1C(=O)CSc2ccccc21. The lowest BCUT2D eigenvalue weighted by molar-refractivity contribution is -0.117. The predicted molar refractivity (Wildman–Crippen MR) is 130 cm³/mol. The van der Waals surface area contributed by atoms with Crippen LogP contribution in [0.15, 0.2) is 52.3 Å². The summed E-state index contributed by atoms with van der Waals surface area (Å²) in [6, 6.07) is 12.1. The van der Waals surface area contributed by atoms with Crippen molar-refractivity contribution >= 4 is 45.0 Å². The fourth-order valence-corrected chi connectivity index (χ4v) is 6.01. The van der Waals surface area contributed by atoms with Crippen LogP contribution in [0, 0.1) is 0 Å². The first kappa shape index (κ1) is 25.1. The molecule has 0 aromatic heterocycles. The monoisotopic (exact) mass is 491 g/mol. The van der Waals surface area contributed by atoms with E-state index >= 15 is 0 Å². The highest BCUT2D eigenvalue weighted by atomic mass is 32.2. The molecule has 1 aliphatic rings. The molecule has 2 amide bonds. The van der Waals surface area contributed by atoms with Gasteiger partial charge in [-0.25, -0.2) is 8.42 Å². The van der Waals surface area contributed by atoms with Crippen molar-refractivity contribution in [2.24, 2.45) is 0 Å². The number of amides is 2. The van der Waals surface area contributed by atoms with Gasteiger partial charge in [0.2, 0.25) is 21.8 Å². The highest BCUT2D eigenvalue weighted by Crippen LogP contribution is 2.35. The molecule has 1 N–H and O–H groups in total. The van der Waals surface area contributed by atoms with Gasteiger partial charge in [0, 0.05) is 31.0 Å². The summed E-state index contributed by atoms with van der Waals surface area (Å²) in [5.74, 6) is 0.337. The highest BCUT2D eigenvalue weighted by Gasteiger charge is 2.26. The van der Waals surface area contributed by atoms with Crippen LogP contribution in [0.25, 0.3) is 0 Å². The van der Waals surface area contributed by atoms with Gasteiger partial charge < -0.3 is 15.0 Å². The molecule has 2 aromatic rings. The molecule has 8 nitrogen and oxygen atoms in total. The first-order chi connectivity index (χ1) is 15.8. The minimum Gasteiger partial charge on any atom is -0.492 e. The molecule has 178 valence electrons. The lowest BCUT2D eigenvalue weighted by Crippen LogP contribution is -2.37. The number of hydrogen-bond donors (Lipinski definition) is 1. The summed E-state index contributed by atoms with van der Waals surface area (Å²) >= 11 is 1.49. The number of fused-ring (bicyclic) bond motifs is 1. The lowest BCUT2D eigenvalue weighted by Gasteiger charge is -2.28. The number of hydrogen-bond acceptors (Lipinski definition) is 6. The number of carbonyl (C=O) groups is 2. The van der Waals surface area contributed by atoms with Gasteiger partial charge in [-0.2, -0.15) is 4.31 Å². The van der Waals surface area contributed by atoms with E-state index in [-0.39, 0.29) is 35.4 Å². The van der Waals surface area contributed by atoms with Gasteiger partial charge in [-0.05, 0) is 37.3 Å². The van der Waals surface area contributed by atoms with E-state index in [1.54, 1.807) is 24.8 Å². The van der Waals surface area contributed by atoms with Gasteiger partial charge in [0.25, 0.3) is 0 Å². The number of nitrogens with zero attached hydrogens (tertiary/aromatic N) is 2. The van der Waals surface area contributed by atoms with E-state index in [4.69, 9.17) is 4.74 Å². The molecular weight excluding hydrogens is 462 g/mol. The molecule has 0 fully saturated rings. The van der Waals surface area contributed by atoms with E-state index in [2.05, 4.69) is 5.32 Å². The Balaban J connectivity index is 1.78. The topological polar surface area (TPSA) is 96.0 Å². The first-order valence-electron chi connectivity index (χ1n) is 10.9. The van der Waals surface area contributed by atoms with Crippen molar-refractivity contribution < 1.29 is 22.7 Å². The van der Waals surface area contributed by atoms with Crippen molar-refractivity contribution in [3.8, 4) is 5.75 Å². The smallest absolute Gasteiger partial charge is 0.243 e. The number of ether oxygens (including phenoxy) is 1. The molecule has 0 radical (unpaired) electrons. The molecular formula is C23H29N3O5S2. The Morgan fingerprint density at radius 2 is 1.88 bits per heavy atom. The van der Waals surface area contributed by atoms with Gasteiger partial charge in [-0.15, -0.1) is 11.8 Å². The van der Waals surface area contributed by atoms with E-state index in [0.29, 0.717) is 31.2 Å². The number of sulfonamides is 1. The zero-order valence-electron chi connectivity index (χ0n) is 19.0. The average Bonchev–Trinajstić information content (AvgIpc) is 2.80. The Bertz CT molecular complexity index is 1120. The third kappa shape index (κ3) is 5.69. The number of nitrogens with one attached hydrogen (secondary N) is 1. The quantitative estimate of drug-likeness (QED) is 0.546. The standard InChI is InChI=1S/C23H29N3O5S2/c1-4-25(5-2)33(29,30)17-11-12-20(31-6-3)18(15-17)24-22(27)13-14-26-19-9-7-8-10-21(19)32-16-23(26)28/h7-12,15H,4-6,13-14,16H2,1-3H3,(H,24,27). The number of thioether (sulfide) groups is 1. The maximum atomic E-state index is 12.9. The summed E-state index contributed by atoms with van der Waals surface area (Å²) in [7, 11) is -3.69. The maximum absolute atomic E-state index is 12.9. The molecule has 0 saturated heterocycles. The molecule has 2 aromatic carbocycles. The number of para-hydroxylation sites is 1. The molecule has 1 heterocycles. The van der Waals surface area contributed by atoms with Gasteiger partial charge >= 0.3 is 0 Å². The van der Waals surface area contributed by atoms with Crippen LogP contribution in [-0.4, -0.2) is 56.5 Å². The van der Waals surface area contributed by atoms with Crippen LogP contribution in [0.5, 0.6) is 5.75 Å². The Kier molecular flexibility index (Phi) is 8.39. The minimum absolute atomic E-state index is 0.0474. The molecule has 1 aliphatic heterocycles. The van der Waals surface area contributed by atoms with Crippen molar-refractivity contribution in [2.45, 2.75) is 37.0 Å². The fraction of sp³-hybridized carbons (Fsp3) is 0.391. The largest absolute Gasteiger partial charge is 0.492 e. The zero-order chi connectivity index (χ0) is 24.0. The van der Waals surface area contributed by atoms with Gasteiger partial charge in [0.1, 0.15) is 5.75 Å². The number of anilines is 2. The van der Waals surface area contributed by atoms with E-state index in [1.807, 2.05) is 31.2 Å². The summed E-state index contributed by atoms with van der Waals surface area (Å²) in [6.07, 6.45) is 0.0589. The van der Waals surface area contributed by atoms with Crippen molar-refractivity contribution in [3.05, 3.63) is 42.5 Å². The third-order valence-electron chi connectivity index (χ3n) is 5.24. The van der Waals surface area contributed by atoms with Gasteiger partial charge in [0.15, 0.2) is 0 Å². The van der Waals surface area contributed by atoms with Crippen LogP contribution >= 0.6 is 11.8 Å². The molecule has 0 bridgehead atoms. The van der Waals surface area contributed by atoms with Gasteiger partial charge in [-0.3, -0.25) is 9.59 Å². The molecule has 33 heavy (non-hydrogen) atoms. The molecule has 0 atom stereocenters. The maximum Gasteiger partial charge on any atom is 0.243 e. The summed E-state index contributed by atoms with van der Waals surface area (Å²) in [4.78, 5) is 27.9. The van der Waals surface area contributed by atoms with Crippen molar-refractivity contribution in [1.29, 1.82) is 0 Å². The zero-order valence-corrected chi connectivity index (χ0v) is 20.7. The second-order valence-corrected chi connectivity index (χ2v) is 10.2. The third-order valence-corrected chi connectivity index (χ3v) is 8.33. The molecule has 0 aliphatic carbocycles. The van der Waals surface area contributed by atoms with Gasteiger partial charge in [0.05, 0.1) is 28.6 Å². The number of carbonyl (C=O) groups excluding carboxylic acids is 2. The van der Waals surface area contributed by atoms with Crippen LogP contribution in [-0.2, 0) is 19.6 Å². The number of benzene rings is 2. The van der Waals surface area contributed by atoms with Crippen molar-refractivity contribution in [1.82, 2.24) is 4.31 Å². The molecule has 3 rings (SSSR count). The summed E-state index contributed by atoms with van der Waals surface area (Å²) in [5.41, 5.74) is 1.09. The Labute approximate surface area is 199 Å². The van der Waals surface area contributed by atoms with Crippen LogP contribution in [0.4, 0.5) is 11.4 Å². The van der Waals surface area contributed by atoms with E-state index in [1.165, 1.54) is 28.2 Å². The van der Waals surface area contributed by atoms with Crippen molar-refractivity contribution in [2.75, 3.05) is 42.2 Å². The average molecular weight is 492 g/mol. The lowest BCUT2D eigenvalue weighted by atomic mass is 10.2. The highest BCUT2D eigenvalue weighted by molar-refractivity contribution is 8.00. The summed E-state index contributed by atoms with van der Waals surface area (Å²) in [5, 5.41) is 2.77. The molecule has 10 heteroatoms. The summed E-state index contributed by atoms with van der Waals surface area (Å²) in [6.45, 7) is 6.64. The van der Waals surface area contributed by atoms with E-state index in [0.717, 1.165) is 10.6 Å².